The zero-order chi connectivity index (χ0) is 14.7. The largest absolute Gasteiger partial charge is 0.398 e. The fourth-order valence-electron chi connectivity index (χ4n) is 2.39. The third kappa shape index (κ3) is 2.67. The van der Waals surface area contributed by atoms with Gasteiger partial charge in [0, 0.05) is 47.1 Å². The lowest BCUT2D eigenvalue weighted by Gasteiger charge is -2.26. The van der Waals surface area contributed by atoms with Gasteiger partial charge in [-0.3, -0.25) is 4.98 Å². The Morgan fingerprint density at radius 1 is 1.40 bits per heavy atom. The van der Waals surface area contributed by atoms with E-state index in [0.717, 1.165) is 34.4 Å². The number of nitrogens with two attached hydrogens (primary N) is 1. The van der Waals surface area contributed by atoms with Crippen molar-refractivity contribution in [3.8, 4) is 6.07 Å². The van der Waals surface area contributed by atoms with E-state index in [1.807, 2.05) is 32.2 Å². The number of nitrogen functional groups attached to an aromatic ring is 1. The number of hydrogen-bond acceptors (Lipinski definition) is 4. The quantitative estimate of drug-likeness (QED) is 0.865. The third-order valence-electron chi connectivity index (χ3n) is 3.49. The predicted molar refractivity (Wildman–Crippen MR) is 83.6 cm³/mol. The van der Waals surface area contributed by atoms with Crippen LogP contribution < -0.4 is 10.6 Å². The number of anilines is 2. The number of aryl methyl sites for hydroxylation is 1. The predicted octanol–water partition coefficient (Wildman–Crippen LogP) is 3.11. The molecule has 0 radical (unpaired) electrons. The first-order valence-electron chi connectivity index (χ1n) is 6.86. The van der Waals surface area contributed by atoms with Crippen LogP contribution in [0.5, 0.6) is 0 Å². The Balaban J connectivity index is 2.55. The highest BCUT2D eigenvalue weighted by atomic mass is 15.1. The topological polar surface area (TPSA) is 65.9 Å². The lowest BCUT2D eigenvalue weighted by Crippen LogP contribution is -2.28. The van der Waals surface area contributed by atoms with Crippen molar-refractivity contribution < 1.29 is 0 Å². The molecule has 2 N–H and O–H groups in total. The highest BCUT2D eigenvalue weighted by molar-refractivity contribution is 6.01. The highest BCUT2D eigenvalue weighted by Crippen LogP contribution is 2.31. The van der Waals surface area contributed by atoms with Gasteiger partial charge < -0.3 is 10.6 Å². The molecule has 2 aromatic rings. The summed E-state index contributed by atoms with van der Waals surface area (Å²) in [6.45, 7) is 7.58. The number of aromatic nitrogens is 1. The summed E-state index contributed by atoms with van der Waals surface area (Å²) in [6.07, 6.45) is 1.82. The number of benzene rings is 1. The Labute approximate surface area is 119 Å². The lowest BCUT2D eigenvalue weighted by atomic mass is 10.1. The molecule has 0 bridgehead atoms. The van der Waals surface area contributed by atoms with Crippen molar-refractivity contribution in [1.82, 2.24) is 4.98 Å². The van der Waals surface area contributed by atoms with Gasteiger partial charge in [0.1, 0.15) is 0 Å². The maximum atomic E-state index is 9.02. The van der Waals surface area contributed by atoms with Crippen LogP contribution in [0, 0.1) is 24.2 Å². The number of nitrogens with zero attached hydrogens (tertiary/aromatic N) is 3. The molecule has 1 aromatic heterocycles. The van der Waals surface area contributed by atoms with Crippen LogP contribution in [0.1, 0.15) is 19.5 Å². The summed E-state index contributed by atoms with van der Waals surface area (Å²) in [5, 5.41) is 11.1. The zero-order valence-electron chi connectivity index (χ0n) is 12.2. The van der Waals surface area contributed by atoms with E-state index in [2.05, 4.69) is 28.9 Å². The van der Waals surface area contributed by atoms with E-state index in [0.29, 0.717) is 6.54 Å². The average Bonchev–Trinajstić information content (AvgIpc) is 2.45. The summed E-state index contributed by atoms with van der Waals surface area (Å²) in [5.41, 5.74) is 8.85. The molecule has 0 saturated carbocycles. The van der Waals surface area contributed by atoms with Crippen LogP contribution in [0.3, 0.4) is 0 Å². The lowest BCUT2D eigenvalue weighted by molar-refractivity contribution is 0.688. The van der Waals surface area contributed by atoms with Crippen LogP contribution in [0.15, 0.2) is 24.4 Å². The van der Waals surface area contributed by atoms with Gasteiger partial charge in [0.25, 0.3) is 0 Å². The first-order valence-corrected chi connectivity index (χ1v) is 6.86. The fourth-order valence-corrected chi connectivity index (χ4v) is 2.39. The first-order chi connectivity index (χ1) is 9.56. The average molecular weight is 268 g/mol. The second kappa shape index (κ2) is 5.79. The molecule has 2 rings (SSSR count). The first kappa shape index (κ1) is 14.1. The number of rotatable bonds is 4. The molecular weight excluding hydrogens is 248 g/mol. The summed E-state index contributed by atoms with van der Waals surface area (Å²) in [5.74, 6) is -0.00881. The molecule has 1 aromatic carbocycles. The van der Waals surface area contributed by atoms with E-state index in [4.69, 9.17) is 11.0 Å². The molecule has 0 spiro atoms. The van der Waals surface area contributed by atoms with Crippen molar-refractivity contribution in [2.75, 3.05) is 23.7 Å². The molecule has 0 saturated heterocycles. The minimum absolute atomic E-state index is 0.00881. The van der Waals surface area contributed by atoms with Gasteiger partial charge in [0.2, 0.25) is 0 Å². The highest BCUT2D eigenvalue weighted by Gasteiger charge is 2.13. The summed E-state index contributed by atoms with van der Waals surface area (Å²) < 4.78 is 0. The third-order valence-corrected chi connectivity index (χ3v) is 3.49. The van der Waals surface area contributed by atoms with E-state index < -0.39 is 0 Å². The Morgan fingerprint density at radius 2 is 2.15 bits per heavy atom. The molecular formula is C16H20N4. The van der Waals surface area contributed by atoms with Crippen LogP contribution in [0.2, 0.25) is 0 Å². The van der Waals surface area contributed by atoms with Gasteiger partial charge >= 0.3 is 0 Å². The second-order valence-electron chi connectivity index (χ2n) is 5.11. The van der Waals surface area contributed by atoms with Crippen LogP contribution >= 0.6 is 0 Å². The Bertz CT molecular complexity index is 657. The Hall–Kier alpha value is -2.28. The van der Waals surface area contributed by atoms with Crippen molar-refractivity contribution in [3.05, 3.63) is 30.1 Å². The molecule has 1 heterocycles. The van der Waals surface area contributed by atoms with Crippen molar-refractivity contribution in [2.45, 2.75) is 20.8 Å². The van der Waals surface area contributed by atoms with Crippen molar-refractivity contribution in [1.29, 1.82) is 5.26 Å². The monoisotopic (exact) mass is 268 g/mol. The number of hydrogen-bond donors (Lipinski definition) is 1. The number of nitriles is 1. The second-order valence-corrected chi connectivity index (χ2v) is 5.11. The normalized spacial score (nSPS) is 12.1. The van der Waals surface area contributed by atoms with Gasteiger partial charge in [-0.05, 0) is 39.0 Å². The van der Waals surface area contributed by atoms with Crippen molar-refractivity contribution in [2.24, 2.45) is 5.92 Å². The van der Waals surface area contributed by atoms with E-state index in [-0.39, 0.29) is 5.92 Å². The fraction of sp³-hybridized carbons (Fsp3) is 0.375. The molecule has 1 unspecified atom stereocenters. The maximum absolute atomic E-state index is 9.02. The summed E-state index contributed by atoms with van der Waals surface area (Å²) in [4.78, 5) is 6.54. The molecule has 4 nitrogen and oxygen atoms in total. The molecule has 1 atom stereocenters. The Morgan fingerprint density at radius 3 is 2.80 bits per heavy atom. The summed E-state index contributed by atoms with van der Waals surface area (Å²) >= 11 is 0. The summed E-state index contributed by atoms with van der Waals surface area (Å²) in [7, 11) is 0. The van der Waals surface area contributed by atoms with Crippen LogP contribution in [0.4, 0.5) is 11.4 Å². The SMILES string of the molecule is CCN(CC(C)C#N)c1ccc(N)c2cnc(C)cc12. The molecule has 0 amide bonds. The maximum Gasteiger partial charge on any atom is 0.0671 e. The van der Waals surface area contributed by atoms with Crippen LogP contribution in [-0.2, 0) is 0 Å². The molecule has 0 aliphatic carbocycles. The molecule has 20 heavy (non-hydrogen) atoms. The minimum atomic E-state index is -0.00881. The van der Waals surface area contributed by atoms with Gasteiger partial charge in [0.05, 0.1) is 12.0 Å². The molecule has 0 aliphatic rings. The van der Waals surface area contributed by atoms with Gasteiger partial charge in [-0.15, -0.1) is 0 Å². The molecule has 0 fully saturated rings. The molecule has 104 valence electrons. The van der Waals surface area contributed by atoms with E-state index in [9.17, 15) is 0 Å². The van der Waals surface area contributed by atoms with Gasteiger partial charge in [-0.2, -0.15) is 5.26 Å². The van der Waals surface area contributed by atoms with Gasteiger partial charge in [-0.25, -0.2) is 0 Å². The van der Waals surface area contributed by atoms with E-state index in [1.54, 1.807) is 0 Å². The van der Waals surface area contributed by atoms with Crippen LogP contribution in [0.25, 0.3) is 10.8 Å². The standard InChI is InChI=1S/C16H20N4/c1-4-20(10-11(2)8-17)16-6-5-15(18)14-9-19-12(3)7-13(14)16/h5-7,9,11H,4,10,18H2,1-3H3. The smallest absolute Gasteiger partial charge is 0.0671 e. The number of pyridine rings is 1. The van der Waals surface area contributed by atoms with Gasteiger partial charge in [-0.1, -0.05) is 0 Å². The zero-order valence-corrected chi connectivity index (χ0v) is 12.2. The Kier molecular flexibility index (Phi) is 4.09. The van der Waals surface area contributed by atoms with Crippen molar-refractivity contribution in [3.63, 3.8) is 0 Å². The molecule has 0 aliphatic heterocycles. The van der Waals surface area contributed by atoms with Crippen molar-refractivity contribution >= 4 is 22.1 Å². The van der Waals surface area contributed by atoms with E-state index in [1.165, 1.54) is 0 Å². The van der Waals surface area contributed by atoms with E-state index >= 15 is 0 Å². The molecule has 4 heteroatoms. The van der Waals surface area contributed by atoms with Gasteiger partial charge in [0.15, 0.2) is 0 Å². The number of fused-ring (bicyclic) bond motifs is 1. The minimum Gasteiger partial charge on any atom is -0.398 e. The van der Waals surface area contributed by atoms with Crippen LogP contribution in [-0.4, -0.2) is 18.1 Å². The summed E-state index contributed by atoms with van der Waals surface area (Å²) in [6, 6.07) is 8.29.